The fourth-order valence-corrected chi connectivity index (χ4v) is 3.96. The Bertz CT molecular complexity index is 1280. The molecule has 31 heavy (non-hydrogen) atoms. The molecule has 4 aromatic rings. The molecule has 0 aliphatic carbocycles. The van der Waals surface area contributed by atoms with E-state index in [0.717, 1.165) is 11.3 Å². The van der Waals surface area contributed by atoms with Gasteiger partial charge in [0, 0.05) is 54.7 Å². The molecular formula is C22H20ClFN6O. The van der Waals surface area contributed by atoms with Gasteiger partial charge in [-0.05, 0) is 25.1 Å². The Balaban J connectivity index is 1.60. The minimum atomic E-state index is -0.448. The van der Waals surface area contributed by atoms with Gasteiger partial charge in [-0.1, -0.05) is 11.6 Å². The zero-order valence-electron chi connectivity index (χ0n) is 17.1. The lowest BCUT2D eigenvalue weighted by molar-refractivity contribution is 0.0395. The number of halogens is 2. The average Bonchev–Trinajstić information content (AvgIpc) is 3.19. The maximum atomic E-state index is 14.8. The minimum Gasteiger partial charge on any atom is -0.370 e. The molecule has 1 saturated heterocycles. The molecule has 5 rings (SSSR count). The van der Waals surface area contributed by atoms with Crippen LogP contribution in [0.15, 0.2) is 42.9 Å². The van der Waals surface area contributed by atoms with E-state index >= 15 is 0 Å². The van der Waals surface area contributed by atoms with Crippen molar-refractivity contribution in [3.63, 3.8) is 0 Å². The molecule has 0 radical (unpaired) electrons. The van der Waals surface area contributed by atoms with Crippen LogP contribution in [0.1, 0.15) is 17.4 Å². The van der Waals surface area contributed by atoms with Gasteiger partial charge in [-0.25, -0.2) is 14.4 Å². The van der Waals surface area contributed by atoms with Crippen LogP contribution in [-0.2, 0) is 11.8 Å². The SMILES string of the molecule is Cc1cnc2c(-c3ccc(Cl)cc3F)nc(N3CCO[C@@H](c4cnn(C)c4)C3)cc2n1. The summed E-state index contributed by atoms with van der Waals surface area (Å²) in [6, 6.07) is 6.46. The van der Waals surface area contributed by atoms with Crippen molar-refractivity contribution >= 4 is 28.5 Å². The highest BCUT2D eigenvalue weighted by Gasteiger charge is 2.25. The summed E-state index contributed by atoms with van der Waals surface area (Å²) in [5, 5.41) is 4.57. The largest absolute Gasteiger partial charge is 0.370 e. The van der Waals surface area contributed by atoms with Crippen molar-refractivity contribution in [1.29, 1.82) is 0 Å². The molecule has 1 aromatic carbocycles. The summed E-state index contributed by atoms with van der Waals surface area (Å²) < 4.78 is 22.5. The van der Waals surface area contributed by atoms with Gasteiger partial charge in [-0.2, -0.15) is 5.10 Å². The second kappa shape index (κ2) is 7.86. The van der Waals surface area contributed by atoms with Crippen LogP contribution in [0, 0.1) is 12.7 Å². The molecule has 0 unspecified atom stereocenters. The molecule has 4 heterocycles. The summed E-state index contributed by atoms with van der Waals surface area (Å²) in [5.74, 6) is 0.255. The van der Waals surface area contributed by atoms with Crippen molar-refractivity contribution in [1.82, 2.24) is 24.7 Å². The number of hydrogen-bond donors (Lipinski definition) is 0. The Morgan fingerprint density at radius 3 is 2.84 bits per heavy atom. The number of fused-ring (bicyclic) bond motifs is 1. The zero-order valence-corrected chi connectivity index (χ0v) is 17.8. The van der Waals surface area contributed by atoms with Crippen molar-refractivity contribution in [3.8, 4) is 11.3 Å². The molecular weight excluding hydrogens is 419 g/mol. The molecule has 0 bridgehead atoms. The second-order valence-electron chi connectivity index (χ2n) is 7.59. The number of rotatable bonds is 3. The molecule has 3 aromatic heterocycles. The van der Waals surface area contributed by atoms with Gasteiger partial charge in [-0.3, -0.25) is 9.67 Å². The highest BCUT2D eigenvalue weighted by Crippen LogP contribution is 2.33. The molecule has 1 aliphatic heterocycles. The van der Waals surface area contributed by atoms with Gasteiger partial charge in [0.05, 0.1) is 24.0 Å². The Hall–Kier alpha value is -3.10. The van der Waals surface area contributed by atoms with Crippen LogP contribution in [0.2, 0.25) is 5.02 Å². The number of aryl methyl sites for hydroxylation is 2. The van der Waals surface area contributed by atoms with E-state index in [-0.39, 0.29) is 6.10 Å². The van der Waals surface area contributed by atoms with Gasteiger partial charge in [0.2, 0.25) is 0 Å². The molecule has 0 spiro atoms. The van der Waals surface area contributed by atoms with Crippen molar-refractivity contribution in [3.05, 3.63) is 65.0 Å². The summed E-state index contributed by atoms with van der Waals surface area (Å²) >= 11 is 5.96. The highest BCUT2D eigenvalue weighted by atomic mass is 35.5. The summed E-state index contributed by atoms with van der Waals surface area (Å²) in [6.07, 6.45) is 5.30. The molecule has 0 amide bonds. The van der Waals surface area contributed by atoms with E-state index in [1.165, 1.54) is 6.07 Å². The van der Waals surface area contributed by atoms with Crippen LogP contribution in [0.3, 0.4) is 0 Å². The maximum Gasteiger partial charge on any atom is 0.134 e. The first kappa shape index (κ1) is 19.8. The fraction of sp³-hybridized carbons (Fsp3) is 0.273. The number of ether oxygens (including phenoxy) is 1. The van der Waals surface area contributed by atoms with Gasteiger partial charge < -0.3 is 9.64 Å². The summed E-state index contributed by atoms with van der Waals surface area (Å²) in [6.45, 7) is 3.69. The number of anilines is 1. The Morgan fingerprint density at radius 1 is 1.19 bits per heavy atom. The van der Waals surface area contributed by atoms with Gasteiger partial charge in [0.25, 0.3) is 0 Å². The van der Waals surface area contributed by atoms with Gasteiger partial charge in [0.1, 0.15) is 28.9 Å². The quantitative estimate of drug-likeness (QED) is 0.479. The van der Waals surface area contributed by atoms with Gasteiger partial charge >= 0.3 is 0 Å². The zero-order chi connectivity index (χ0) is 21.5. The Kier molecular flexibility index (Phi) is 5.03. The first-order valence-corrected chi connectivity index (χ1v) is 10.3. The monoisotopic (exact) mass is 438 g/mol. The van der Waals surface area contributed by atoms with E-state index in [2.05, 4.69) is 20.0 Å². The lowest BCUT2D eigenvalue weighted by atomic mass is 10.1. The summed E-state index contributed by atoms with van der Waals surface area (Å²) in [4.78, 5) is 16.1. The minimum absolute atomic E-state index is 0.126. The fourth-order valence-electron chi connectivity index (χ4n) is 3.80. The lowest BCUT2D eigenvalue weighted by Crippen LogP contribution is -2.38. The predicted molar refractivity (Wildman–Crippen MR) is 117 cm³/mol. The van der Waals surface area contributed by atoms with Crippen molar-refractivity contribution < 1.29 is 9.13 Å². The topological polar surface area (TPSA) is 69.0 Å². The van der Waals surface area contributed by atoms with Crippen molar-refractivity contribution in [2.75, 3.05) is 24.6 Å². The second-order valence-corrected chi connectivity index (χ2v) is 8.02. The number of pyridine rings is 1. The normalized spacial score (nSPS) is 16.8. The number of aromatic nitrogens is 5. The van der Waals surface area contributed by atoms with E-state index in [4.69, 9.17) is 21.3 Å². The average molecular weight is 439 g/mol. The molecule has 0 saturated carbocycles. The Morgan fingerprint density at radius 2 is 2.06 bits per heavy atom. The summed E-state index contributed by atoms with van der Waals surface area (Å²) in [5.41, 5.74) is 3.78. The molecule has 0 N–H and O–H groups in total. The molecule has 1 fully saturated rings. The third kappa shape index (κ3) is 3.84. The third-order valence-electron chi connectivity index (χ3n) is 5.31. The van der Waals surface area contributed by atoms with Crippen molar-refractivity contribution in [2.45, 2.75) is 13.0 Å². The van der Waals surface area contributed by atoms with Crippen LogP contribution in [0.25, 0.3) is 22.3 Å². The highest BCUT2D eigenvalue weighted by molar-refractivity contribution is 6.30. The van der Waals surface area contributed by atoms with Crippen LogP contribution in [0.4, 0.5) is 10.2 Å². The number of nitrogens with zero attached hydrogens (tertiary/aromatic N) is 6. The van der Waals surface area contributed by atoms with Crippen LogP contribution in [0.5, 0.6) is 0 Å². The van der Waals surface area contributed by atoms with Gasteiger partial charge in [-0.15, -0.1) is 0 Å². The van der Waals surface area contributed by atoms with E-state index in [1.807, 2.05) is 32.4 Å². The van der Waals surface area contributed by atoms with E-state index in [0.29, 0.717) is 52.8 Å². The van der Waals surface area contributed by atoms with Crippen LogP contribution >= 0.6 is 11.6 Å². The smallest absolute Gasteiger partial charge is 0.134 e. The number of hydrogen-bond acceptors (Lipinski definition) is 6. The first-order valence-electron chi connectivity index (χ1n) is 9.93. The van der Waals surface area contributed by atoms with Crippen LogP contribution in [-0.4, -0.2) is 44.4 Å². The predicted octanol–water partition coefficient (Wildman–Crippen LogP) is 4.10. The molecule has 9 heteroatoms. The van der Waals surface area contributed by atoms with Crippen LogP contribution < -0.4 is 4.90 Å². The first-order chi connectivity index (χ1) is 15.0. The third-order valence-corrected chi connectivity index (χ3v) is 5.54. The van der Waals surface area contributed by atoms with Crippen molar-refractivity contribution in [2.24, 2.45) is 7.05 Å². The number of benzene rings is 1. The van der Waals surface area contributed by atoms with E-state index < -0.39 is 5.82 Å². The standard InChI is InChI=1S/C22H20ClFN6O/c1-13-9-25-22-18(27-13)8-20(28-21(22)16-4-3-15(23)7-17(16)24)30-5-6-31-19(12-30)14-10-26-29(2)11-14/h3-4,7-11,19H,5-6,12H2,1-2H3/t19-/m1/s1. The molecule has 1 atom stereocenters. The Labute approximate surface area is 183 Å². The summed E-state index contributed by atoms with van der Waals surface area (Å²) in [7, 11) is 1.88. The van der Waals surface area contributed by atoms with Gasteiger partial charge in [0.15, 0.2) is 0 Å². The molecule has 1 aliphatic rings. The maximum absolute atomic E-state index is 14.8. The molecule has 158 valence electrons. The number of morpholine rings is 1. The molecule has 7 nitrogen and oxygen atoms in total. The van der Waals surface area contributed by atoms with E-state index in [1.54, 1.807) is 23.0 Å². The lowest BCUT2D eigenvalue weighted by Gasteiger charge is -2.33. The van der Waals surface area contributed by atoms with E-state index in [9.17, 15) is 4.39 Å².